The number of carbonyl (C=O) groups is 1. The predicted molar refractivity (Wildman–Crippen MR) is 97.3 cm³/mol. The van der Waals surface area contributed by atoms with Gasteiger partial charge in [0, 0.05) is 18.7 Å². The van der Waals surface area contributed by atoms with E-state index in [-0.39, 0.29) is 17.5 Å². The number of anilines is 1. The van der Waals surface area contributed by atoms with Crippen molar-refractivity contribution in [1.29, 1.82) is 0 Å². The Kier molecular flexibility index (Phi) is 5.63. The lowest BCUT2D eigenvalue weighted by Gasteiger charge is -2.33. The number of nitrogens with zero attached hydrogens (tertiary/aromatic N) is 3. The van der Waals surface area contributed by atoms with Crippen LogP contribution in [0, 0.1) is 17.6 Å². The van der Waals surface area contributed by atoms with Crippen LogP contribution in [0.2, 0.25) is 0 Å². The van der Waals surface area contributed by atoms with Crippen molar-refractivity contribution in [3.8, 4) is 5.88 Å². The van der Waals surface area contributed by atoms with E-state index in [0.717, 1.165) is 11.6 Å². The third-order valence-corrected chi connectivity index (χ3v) is 4.48. The van der Waals surface area contributed by atoms with Gasteiger partial charge < -0.3 is 9.64 Å². The molecule has 3 rings (SSSR count). The van der Waals surface area contributed by atoms with E-state index in [2.05, 4.69) is 15.3 Å². The summed E-state index contributed by atoms with van der Waals surface area (Å²) < 4.78 is 32.2. The SMILES string of the molecule is COc1cnc(NC(=O)N2CCC(=Cc3cccc(F)c3F)C(C)C2)cn1. The van der Waals surface area contributed by atoms with Crippen LogP contribution in [0.3, 0.4) is 0 Å². The first kappa shape index (κ1) is 18.8. The van der Waals surface area contributed by atoms with E-state index < -0.39 is 11.6 Å². The molecular weight excluding hydrogens is 354 g/mol. The fraction of sp³-hybridized carbons (Fsp3) is 0.316. The molecule has 0 radical (unpaired) electrons. The molecule has 0 spiro atoms. The number of aromatic nitrogens is 2. The van der Waals surface area contributed by atoms with Crippen LogP contribution < -0.4 is 10.1 Å². The molecule has 1 saturated heterocycles. The Hall–Kier alpha value is -3.03. The molecule has 8 heteroatoms. The van der Waals surface area contributed by atoms with E-state index in [1.165, 1.54) is 25.6 Å². The highest BCUT2D eigenvalue weighted by Crippen LogP contribution is 2.26. The first-order valence-corrected chi connectivity index (χ1v) is 8.54. The number of benzene rings is 1. The molecule has 2 amide bonds. The molecule has 6 nitrogen and oxygen atoms in total. The standard InChI is InChI=1S/C19H20F2N4O2/c1-12-11-25(19(26)24-16-9-23-17(27-2)10-22-16)7-6-13(12)8-14-4-3-5-15(20)18(14)21/h3-5,8-10,12H,6-7,11H2,1-2H3,(H,22,24,26). The second kappa shape index (κ2) is 8.11. The number of amides is 2. The number of likely N-dealkylation sites (tertiary alicyclic amines) is 1. The number of ether oxygens (including phenoxy) is 1. The van der Waals surface area contributed by atoms with Crippen LogP contribution in [0.1, 0.15) is 18.9 Å². The lowest BCUT2D eigenvalue weighted by Crippen LogP contribution is -2.42. The van der Waals surface area contributed by atoms with Crippen LogP contribution in [-0.2, 0) is 0 Å². The van der Waals surface area contributed by atoms with Gasteiger partial charge in [0.2, 0.25) is 5.88 Å². The molecule has 0 bridgehead atoms. The molecule has 1 fully saturated rings. The van der Waals surface area contributed by atoms with Crippen molar-refractivity contribution in [1.82, 2.24) is 14.9 Å². The minimum atomic E-state index is -0.866. The van der Waals surface area contributed by atoms with Crippen LogP contribution >= 0.6 is 0 Å². The van der Waals surface area contributed by atoms with E-state index in [4.69, 9.17) is 4.74 Å². The lowest BCUT2D eigenvalue weighted by atomic mass is 9.91. The minimum Gasteiger partial charge on any atom is -0.480 e. The number of hydrogen-bond donors (Lipinski definition) is 1. The lowest BCUT2D eigenvalue weighted by molar-refractivity contribution is 0.197. The largest absolute Gasteiger partial charge is 0.480 e. The summed E-state index contributed by atoms with van der Waals surface area (Å²) in [6.07, 6.45) is 5.09. The minimum absolute atomic E-state index is 0.0223. The van der Waals surface area contributed by atoms with E-state index in [1.54, 1.807) is 17.0 Å². The number of halogens is 2. The molecule has 2 heterocycles. The van der Waals surface area contributed by atoms with E-state index in [9.17, 15) is 13.6 Å². The molecule has 1 aliphatic heterocycles. The van der Waals surface area contributed by atoms with Gasteiger partial charge in [-0.2, -0.15) is 0 Å². The molecule has 27 heavy (non-hydrogen) atoms. The monoisotopic (exact) mass is 374 g/mol. The molecule has 0 saturated carbocycles. The first-order valence-electron chi connectivity index (χ1n) is 8.54. The number of methoxy groups -OCH3 is 1. The van der Waals surface area contributed by atoms with Crippen molar-refractivity contribution in [2.24, 2.45) is 5.92 Å². The van der Waals surface area contributed by atoms with Gasteiger partial charge in [-0.05, 0) is 18.4 Å². The van der Waals surface area contributed by atoms with E-state index in [0.29, 0.717) is 31.2 Å². The molecule has 2 aromatic rings. The maximum Gasteiger partial charge on any atom is 0.323 e. The third kappa shape index (κ3) is 4.39. The third-order valence-electron chi connectivity index (χ3n) is 4.48. The Morgan fingerprint density at radius 1 is 1.33 bits per heavy atom. The fourth-order valence-electron chi connectivity index (χ4n) is 2.95. The smallest absolute Gasteiger partial charge is 0.323 e. The summed E-state index contributed by atoms with van der Waals surface area (Å²) in [6.45, 7) is 2.90. The van der Waals surface area contributed by atoms with Gasteiger partial charge in [-0.1, -0.05) is 30.7 Å². The number of nitrogens with one attached hydrogen (secondary N) is 1. The zero-order chi connectivity index (χ0) is 19.4. The molecule has 1 unspecified atom stereocenters. The van der Waals surface area contributed by atoms with Gasteiger partial charge in [0.15, 0.2) is 17.5 Å². The maximum atomic E-state index is 13.9. The van der Waals surface area contributed by atoms with E-state index >= 15 is 0 Å². The first-order chi connectivity index (χ1) is 13.0. The predicted octanol–water partition coefficient (Wildman–Crippen LogP) is 3.72. The van der Waals surface area contributed by atoms with Crippen LogP contribution in [0.15, 0.2) is 36.2 Å². The van der Waals surface area contributed by atoms with Gasteiger partial charge in [-0.15, -0.1) is 0 Å². The number of piperidine rings is 1. The molecule has 1 atom stereocenters. The fourth-order valence-corrected chi connectivity index (χ4v) is 2.95. The van der Waals surface area contributed by atoms with Crippen molar-refractivity contribution in [3.05, 3.63) is 53.4 Å². The highest BCUT2D eigenvalue weighted by Gasteiger charge is 2.25. The zero-order valence-corrected chi connectivity index (χ0v) is 15.1. The maximum absolute atomic E-state index is 13.9. The van der Waals surface area contributed by atoms with Crippen molar-refractivity contribution in [2.75, 3.05) is 25.5 Å². The Labute approximate surface area is 155 Å². The van der Waals surface area contributed by atoms with Crippen molar-refractivity contribution < 1.29 is 18.3 Å². The summed E-state index contributed by atoms with van der Waals surface area (Å²) in [5, 5.41) is 2.69. The molecule has 1 aliphatic rings. The normalized spacial score (nSPS) is 18.4. The Morgan fingerprint density at radius 3 is 2.81 bits per heavy atom. The summed E-state index contributed by atoms with van der Waals surface area (Å²) in [5.41, 5.74) is 1.20. The highest BCUT2D eigenvalue weighted by molar-refractivity contribution is 5.88. The van der Waals surface area contributed by atoms with Crippen LogP contribution in [0.4, 0.5) is 19.4 Å². The molecule has 1 aromatic heterocycles. The van der Waals surface area contributed by atoms with Gasteiger partial charge in [0.05, 0.1) is 19.5 Å². The second-order valence-corrected chi connectivity index (χ2v) is 6.33. The van der Waals surface area contributed by atoms with Gasteiger partial charge in [0.1, 0.15) is 0 Å². The van der Waals surface area contributed by atoms with Crippen molar-refractivity contribution >= 4 is 17.9 Å². The molecule has 142 valence electrons. The van der Waals surface area contributed by atoms with Gasteiger partial charge in [-0.3, -0.25) is 5.32 Å². The van der Waals surface area contributed by atoms with E-state index in [1.807, 2.05) is 6.92 Å². The summed E-state index contributed by atoms with van der Waals surface area (Å²) in [6, 6.07) is 3.83. The zero-order valence-electron chi connectivity index (χ0n) is 15.1. The highest BCUT2D eigenvalue weighted by atomic mass is 19.2. The molecular formula is C19H20F2N4O2. The second-order valence-electron chi connectivity index (χ2n) is 6.33. The Bertz CT molecular complexity index is 855. The number of rotatable bonds is 3. The summed E-state index contributed by atoms with van der Waals surface area (Å²) in [5.74, 6) is -1.01. The average molecular weight is 374 g/mol. The Balaban J connectivity index is 1.64. The number of hydrogen-bond acceptors (Lipinski definition) is 4. The van der Waals surface area contributed by atoms with Gasteiger partial charge in [-0.25, -0.2) is 23.5 Å². The number of carbonyl (C=O) groups excluding carboxylic acids is 1. The summed E-state index contributed by atoms with van der Waals surface area (Å²) in [4.78, 5) is 22.1. The quantitative estimate of drug-likeness (QED) is 0.889. The van der Waals surface area contributed by atoms with Gasteiger partial charge >= 0.3 is 6.03 Å². The molecule has 1 aromatic carbocycles. The molecule has 0 aliphatic carbocycles. The Morgan fingerprint density at radius 2 is 2.15 bits per heavy atom. The average Bonchev–Trinajstić information content (AvgIpc) is 2.67. The van der Waals surface area contributed by atoms with Crippen molar-refractivity contribution in [2.45, 2.75) is 13.3 Å². The van der Waals surface area contributed by atoms with Crippen LogP contribution in [0.5, 0.6) is 5.88 Å². The number of urea groups is 1. The summed E-state index contributed by atoms with van der Waals surface area (Å²) >= 11 is 0. The summed E-state index contributed by atoms with van der Waals surface area (Å²) in [7, 11) is 1.48. The molecule has 1 N–H and O–H groups in total. The topological polar surface area (TPSA) is 67.3 Å². The van der Waals surface area contributed by atoms with Crippen molar-refractivity contribution in [3.63, 3.8) is 0 Å². The van der Waals surface area contributed by atoms with Gasteiger partial charge in [0.25, 0.3) is 0 Å². The van der Waals surface area contributed by atoms with Crippen LogP contribution in [0.25, 0.3) is 6.08 Å². The van der Waals surface area contributed by atoms with Crippen LogP contribution in [-0.4, -0.2) is 41.1 Å².